The number of phenolic OH excluding ortho intramolecular Hbond substituents is 1. The van der Waals surface area contributed by atoms with Crippen LogP contribution in [0, 0.1) is 0 Å². The molecule has 2 aromatic rings. The van der Waals surface area contributed by atoms with Crippen molar-refractivity contribution in [3.63, 3.8) is 0 Å². The number of nitrogens with two attached hydrogens (primary N) is 1. The van der Waals surface area contributed by atoms with Gasteiger partial charge in [0.25, 0.3) is 0 Å². The fraction of sp³-hybridized carbons (Fsp3) is 0.294. The van der Waals surface area contributed by atoms with Gasteiger partial charge in [-0.05, 0) is 43.1 Å². The third-order valence-electron chi connectivity index (χ3n) is 4.02. The van der Waals surface area contributed by atoms with Crippen LogP contribution in [0.3, 0.4) is 0 Å². The molecule has 1 atom stereocenters. The minimum atomic E-state index is 0.331. The number of anilines is 1. The van der Waals surface area contributed by atoms with Crippen molar-refractivity contribution in [2.24, 2.45) is 0 Å². The van der Waals surface area contributed by atoms with Gasteiger partial charge < -0.3 is 10.8 Å². The van der Waals surface area contributed by atoms with E-state index in [9.17, 15) is 5.11 Å². The highest BCUT2D eigenvalue weighted by Gasteiger charge is 2.26. The standard InChI is InChI=1S/C17H20N2O/c18-15-8-9-17(20)14(11-15)12-19-10-4-7-16(19)13-5-2-1-3-6-13/h1-3,5-6,8-9,11,16,20H,4,7,10,12,18H2. The highest BCUT2D eigenvalue weighted by Crippen LogP contribution is 2.34. The largest absolute Gasteiger partial charge is 0.508 e. The van der Waals surface area contributed by atoms with Crippen LogP contribution >= 0.6 is 0 Å². The Hall–Kier alpha value is -2.00. The van der Waals surface area contributed by atoms with Gasteiger partial charge in [-0.1, -0.05) is 30.3 Å². The lowest BCUT2D eigenvalue weighted by molar-refractivity contribution is 0.245. The van der Waals surface area contributed by atoms with Gasteiger partial charge in [-0.2, -0.15) is 0 Å². The fourth-order valence-electron chi connectivity index (χ4n) is 3.02. The van der Waals surface area contributed by atoms with E-state index in [4.69, 9.17) is 5.73 Å². The lowest BCUT2D eigenvalue weighted by Crippen LogP contribution is -2.22. The topological polar surface area (TPSA) is 49.5 Å². The Balaban J connectivity index is 1.81. The summed E-state index contributed by atoms with van der Waals surface area (Å²) < 4.78 is 0. The van der Waals surface area contributed by atoms with Crippen molar-refractivity contribution in [3.05, 3.63) is 59.7 Å². The summed E-state index contributed by atoms with van der Waals surface area (Å²) in [5, 5.41) is 9.97. The predicted octanol–water partition coefficient (Wildman–Crippen LogP) is 3.31. The van der Waals surface area contributed by atoms with E-state index in [2.05, 4.69) is 29.2 Å². The van der Waals surface area contributed by atoms with Crippen molar-refractivity contribution >= 4 is 5.69 Å². The molecule has 20 heavy (non-hydrogen) atoms. The Labute approximate surface area is 119 Å². The predicted molar refractivity (Wildman–Crippen MR) is 81.3 cm³/mol. The summed E-state index contributed by atoms with van der Waals surface area (Å²) in [6, 6.07) is 16.3. The van der Waals surface area contributed by atoms with Gasteiger partial charge in [0.15, 0.2) is 0 Å². The van der Waals surface area contributed by atoms with Crippen molar-refractivity contribution in [2.75, 3.05) is 12.3 Å². The van der Waals surface area contributed by atoms with Crippen LogP contribution < -0.4 is 5.73 Å². The molecule has 3 heteroatoms. The Morgan fingerprint density at radius 2 is 1.95 bits per heavy atom. The van der Waals surface area contributed by atoms with E-state index in [1.807, 2.05) is 12.1 Å². The van der Waals surface area contributed by atoms with E-state index in [1.165, 1.54) is 18.4 Å². The maximum Gasteiger partial charge on any atom is 0.120 e. The lowest BCUT2D eigenvalue weighted by atomic mass is 10.0. The minimum absolute atomic E-state index is 0.331. The van der Waals surface area contributed by atoms with Crippen LogP contribution in [0.1, 0.15) is 30.0 Å². The molecule has 0 amide bonds. The van der Waals surface area contributed by atoms with Crippen molar-refractivity contribution in [1.82, 2.24) is 4.90 Å². The van der Waals surface area contributed by atoms with Crippen LogP contribution in [0.2, 0.25) is 0 Å². The number of nitrogen functional groups attached to an aromatic ring is 1. The molecule has 0 bridgehead atoms. The molecule has 2 aromatic carbocycles. The zero-order valence-electron chi connectivity index (χ0n) is 11.5. The molecular weight excluding hydrogens is 248 g/mol. The molecular formula is C17H20N2O. The summed E-state index contributed by atoms with van der Waals surface area (Å²) in [6.07, 6.45) is 2.37. The molecule has 3 nitrogen and oxygen atoms in total. The van der Waals surface area contributed by atoms with Gasteiger partial charge in [-0.3, -0.25) is 4.90 Å². The molecule has 3 rings (SSSR count). The van der Waals surface area contributed by atoms with Crippen molar-refractivity contribution < 1.29 is 5.11 Å². The summed E-state index contributed by atoms with van der Waals surface area (Å²) in [6.45, 7) is 1.81. The maximum atomic E-state index is 9.97. The SMILES string of the molecule is Nc1ccc(O)c(CN2CCCC2c2ccccc2)c1. The number of likely N-dealkylation sites (tertiary alicyclic amines) is 1. The summed E-state index contributed by atoms with van der Waals surface area (Å²) >= 11 is 0. The Morgan fingerprint density at radius 1 is 1.15 bits per heavy atom. The molecule has 1 aliphatic rings. The average molecular weight is 268 g/mol. The van der Waals surface area contributed by atoms with Crippen LogP contribution in [0.5, 0.6) is 5.75 Å². The van der Waals surface area contributed by atoms with E-state index >= 15 is 0 Å². The number of hydrogen-bond donors (Lipinski definition) is 2. The second-order valence-corrected chi connectivity index (χ2v) is 5.43. The third-order valence-corrected chi connectivity index (χ3v) is 4.02. The van der Waals surface area contributed by atoms with Crippen molar-refractivity contribution in [1.29, 1.82) is 0 Å². The van der Waals surface area contributed by atoms with E-state index in [1.54, 1.807) is 12.1 Å². The van der Waals surface area contributed by atoms with Crippen LogP contribution in [0.15, 0.2) is 48.5 Å². The molecule has 0 saturated carbocycles. The highest BCUT2D eigenvalue weighted by molar-refractivity contribution is 5.47. The highest BCUT2D eigenvalue weighted by atomic mass is 16.3. The second-order valence-electron chi connectivity index (χ2n) is 5.43. The van der Waals surface area contributed by atoms with Gasteiger partial charge in [0.1, 0.15) is 5.75 Å². The van der Waals surface area contributed by atoms with Gasteiger partial charge in [0, 0.05) is 23.8 Å². The fourth-order valence-corrected chi connectivity index (χ4v) is 3.02. The Morgan fingerprint density at radius 3 is 2.75 bits per heavy atom. The first-order valence-corrected chi connectivity index (χ1v) is 7.10. The molecule has 0 radical (unpaired) electrons. The van der Waals surface area contributed by atoms with Crippen LogP contribution in [0.4, 0.5) is 5.69 Å². The third kappa shape index (κ3) is 2.63. The van der Waals surface area contributed by atoms with E-state index in [-0.39, 0.29) is 0 Å². The minimum Gasteiger partial charge on any atom is -0.508 e. The number of hydrogen-bond acceptors (Lipinski definition) is 3. The van der Waals surface area contributed by atoms with Gasteiger partial charge in [0.2, 0.25) is 0 Å². The zero-order valence-corrected chi connectivity index (χ0v) is 11.5. The number of rotatable bonds is 3. The molecule has 1 fully saturated rings. The van der Waals surface area contributed by atoms with Crippen LogP contribution in [-0.2, 0) is 6.54 Å². The van der Waals surface area contributed by atoms with Crippen LogP contribution in [-0.4, -0.2) is 16.6 Å². The first-order chi connectivity index (χ1) is 9.74. The smallest absolute Gasteiger partial charge is 0.120 e. The van der Waals surface area contributed by atoms with Gasteiger partial charge in [0.05, 0.1) is 0 Å². The first kappa shape index (κ1) is 13.0. The van der Waals surface area contributed by atoms with Gasteiger partial charge in [-0.25, -0.2) is 0 Å². The Bertz CT molecular complexity index is 583. The van der Waals surface area contributed by atoms with Crippen molar-refractivity contribution in [2.45, 2.75) is 25.4 Å². The first-order valence-electron chi connectivity index (χ1n) is 7.10. The van der Waals surface area contributed by atoms with E-state index < -0.39 is 0 Å². The molecule has 0 aliphatic carbocycles. The Kier molecular flexibility index (Phi) is 3.61. The number of aromatic hydroxyl groups is 1. The monoisotopic (exact) mass is 268 g/mol. The summed E-state index contributed by atoms with van der Waals surface area (Å²) in [4.78, 5) is 2.42. The quantitative estimate of drug-likeness (QED) is 0.663. The molecule has 104 valence electrons. The maximum absolute atomic E-state index is 9.97. The zero-order chi connectivity index (χ0) is 13.9. The number of benzene rings is 2. The summed E-state index contributed by atoms with van der Waals surface area (Å²) in [5.41, 5.74) is 8.78. The number of phenols is 1. The van der Waals surface area contributed by atoms with Crippen LogP contribution in [0.25, 0.3) is 0 Å². The average Bonchev–Trinajstić information content (AvgIpc) is 2.92. The molecule has 1 unspecified atom stereocenters. The van der Waals surface area contributed by atoms with Gasteiger partial charge in [-0.15, -0.1) is 0 Å². The molecule has 0 aromatic heterocycles. The molecule has 1 heterocycles. The molecule has 1 aliphatic heterocycles. The van der Waals surface area contributed by atoms with E-state index in [0.29, 0.717) is 17.5 Å². The van der Waals surface area contributed by atoms with Gasteiger partial charge >= 0.3 is 0 Å². The van der Waals surface area contributed by atoms with E-state index in [0.717, 1.165) is 18.7 Å². The van der Waals surface area contributed by atoms with Crippen molar-refractivity contribution in [3.8, 4) is 5.75 Å². The normalized spacial score (nSPS) is 19.3. The molecule has 0 spiro atoms. The molecule has 3 N–H and O–H groups in total. The lowest BCUT2D eigenvalue weighted by Gasteiger charge is -2.25. The number of nitrogens with zero attached hydrogens (tertiary/aromatic N) is 1. The second kappa shape index (κ2) is 5.55. The molecule has 1 saturated heterocycles. The summed E-state index contributed by atoms with van der Waals surface area (Å²) in [7, 11) is 0. The summed E-state index contributed by atoms with van der Waals surface area (Å²) in [5.74, 6) is 0.331.